The van der Waals surface area contributed by atoms with Gasteiger partial charge in [0, 0.05) is 233 Å². The molecule has 0 spiro atoms. The van der Waals surface area contributed by atoms with E-state index in [1.54, 1.807) is 81.3 Å². The molecule has 37 nitrogen and oxygen atoms in total. The Labute approximate surface area is 771 Å². The number of ether oxygens (including phenoxy) is 8. The minimum Gasteiger partial charge on any atom is -0.488 e. The lowest BCUT2D eigenvalue weighted by Gasteiger charge is -2.31. The summed E-state index contributed by atoms with van der Waals surface area (Å²) in [5, 5.41) is 50.4. The van der Waals surface area contributed by atoms with Gasteiger partial charge >= 0.3 is 12.1 Å². The molecule has 40 heteroatoms. The van der Waals surface area contributed by atoms with E-state index in [-0.39, 0.29) is 60.3 Å². The number of fused-ring (bicyclic) bond motifs is 4. The number of rotatable bonds is 24. The van der Waals surface area contributed by atoms with E-state index in [2.05, 4.69) is 157 Å². The van der Waals surface area contributed by atoms with Crippen molar-refractivity contribution in [2.45, 2.75) is 183 Å². The van der Waals surface area contributed by atoms with Gasteiger partial charge in [-0.2, -0.15) is 13.2 Å². The number of aliphatic hydroxyl groups is 3. The summed E-state index contributed by atoms with van der Waals surface area (Å²) in [6.07, 6.45) is 30.4. The average Bonchev–Trinajstić information content (AvgIpc) is 0.801. The number of carbonyl (C=O) groups is 1. The fraction of sp³-hybridized carbons (Fsp3) is 0.479. The molecule has 4 aromatic carbocycles. The zero-order chi connectivity index (χ0) is 92.1. The molecule has 20 rings (SSSR count). The van der Waals surface area contributed by atoms with Crippen molar-refractivity contribution >= 4 is 96.6 Å². The highest BCUT2D eigenvalue weighted by Gasteiger charge is 2.40. The third kappa shape index (κ3) is 24.8. The van der Waals surface area contributed by atoms with E-state index in [1.165, 1.54) is 12.3 Å². The summed E-state index contributed by atoms with van der Waals surface area (Å²) >= 11 is 0. The summed E-state index contributed by atoms with van der Waals surface area (Å²) in [4.78, 5) is 89.7. The van der Waals surface area contributed by atoms with Crippen LogP contribution in [0, 0.1) is 0 Å². The molecule has 12 aromatic rings. The molecule has 8 aromatic heterocycles. The van der Waals surface area contributed by atoms with E-state index >= 15 is 0 Å². The van der Waals surface area contributed by atoms with E-state index in [9.17, 15) is 28.2 Å². The number of nitrogens with zero attached hydrogens (tertiary/aromatic N) is 20. The van der Waals surface area contributed by atoms with E-state index < -0.39 is 24.4 Å². The molecular formula is C94H111F3N24O13. The number of hydrogen-bond donors (Lipinski definition) is 8. The Morgan fingerprint density at radius 1 is 0.381 bits per heavy atom. The number of hydrogen-bond acceptors (Lipinski definition) is 36. The van der Waals surface area contributed by atoms with Crippen molar-refractivity contribution in [2.24, 2.45) is 0 Å². The molecule has 0 bridgehead atoms. The van der Waals surface area contributed by atoms with E-state index in [0.717, 1.165) is 278 Å². The Morgan fingerprint density at radius 3 is 0.933 bits per heavy atom. The second-order valence-corrected chi connectivity index (χ2v) is 34.3. The Hall–Kier alpha value is -12.9. The van der Waals surface area contributed by atoms with Crippen LogP contribution >= 0.6 is 0 Å². The van der Waals surface area contributed by atoms with Crippen LogP contribution in [0.25, 0.3) is 44.1 Å². The van der Waals surface area contributed by atoms with Crippen LogP contribution in [-0.2, 0) is 25.6 Å². The fourth-order valence-electron chi connectivity index (χ4n) is 17.7. The fourth-order valence-corrected chi connectivity index (χ4v) is 17.7. The van der Waals surface area contributed by atoms with E-state index in [4.69, 9.17) is 48.1 Å². The van der Waals surface area contributed by atoms with Crippen molar-refractivity contribution in [1.82, 2.24) is 79.7 Å². The van der Waals surface area contributed by atoms with Gasteiger partial charge in [0.2, 0.25) is 23.8 Å². The van der Waals surface area contributed by atoms with Gasteiger partial charge in [0.15, 0.2) is 11.8 Å². The Kier molecular flexibility index (Phi) is 31.1. The highest BCUT2D eigenvalue weighted by molar-refractivity contribution is 5.89. The number of aromatic nitrogens is 16. The van der Waals surface area contributed by atoms with Crippen LogP contribution in [0.5, 0.6) is 23.0 Å². The lowest BCUT2D eigenvalue weighted by atomic mass is 9.93. The van der Waals surface area contributed by atoms with Crippen LogP contribution in [0.15, 0.2) is 148 Å². The zero-order valence-corrected chi connectivity index (χ0v) is 74.5. The smallest absolute Gasteiger partial charge is 0.418 e. The molecule has 8 fully saturated rings. The molecule has 4 aliphatic carbocycles. The molecule has 4 aliphatic heterocycles. The molecule has 4 saturated carbocycles. The molecule has 4 saturated heterocycles. The normalized spacial score (nSPS) is 21.6. The number of aromatic carboxylic acids is 1. The van der Waals surface area contributed by atoms with Gasteiger partial charge in [-0.25, -0.2) is 64.6 Å². The topological polar surface area (TPSA) is 439 Å². The van der Waals surface area contributed by atoms with Gasteiger partial charge in [-0.05, 0) is 140 Å². The van der Waals surface area contributed by atoms with Crippen molar-refractivity contribution in [1.29, 1.82) is 0 Å². The summed E-state index contributed by atoms with van der Waals surface area (Å²) in [7, 11) is 0. The first-order valence-corrected chi connectivity index (χ1v) is 46.0. The maximum Gasteiger partial charge on any atom is 0.418 e. The van der Waals surface area contributed by atoms with Gasteiger partial charge in [-0.1, -0.05) is 0 Å². The number of benzene rings is 4. The number of aliphatic hydroxyl groups excluding tert-OH is 3. The first-order valence-electron chi connectivity index (χ1n) is 46.0. The minimum atomic E-state index is -4.75. The minimum absolute atomic E-state index is 0.00146. The Morgan fingerprint density at radius 2 is 0.657 bits per heavy atom. The number of anilines is 8. The SMILES string of the molecule is CC(O)c1cnc(NC2CCC(Oc3cc(N4CCOCC4)cc4nccnc34)CC2)nc1.O=C(O)c1ccnc(NC2CCC(Oc3cc(N4CCOCC4)cc4nccnc34)CC2)n1.OCc1cnc(NC2CCC(Oc3cc(N4CCOCC4)cc4nccnc34)CC2)nc1.O[C@@H](c1cnc(NC2CCC(Oc3cc(N4CCOCC4)cc4nccnc34)CC2)nc1)C(F)(F)F. The highest BCUT2D eigenvalue weighted by atomic mass is 19.4. The lowest BCUT2D eigenvalue weighted by molar-refractivity contribution is -0.207. The van der Waals surface area contributed by atoms with Gasteiger partial charge in [-0.3, -0.25) is 19.9 Å². The quantitative estimate of drug-likeness (QED) is 0.0278. The Bertz CT molecular complexity index is 5810. The molecule has 0 radical (unpaired) electrons. The molecular weight excluding hydrogens is 1730 g/mol. The second-order valence-electron chi connectivity index (χ2n) is 34.3. The number of nitrogens with one attached hydrogen (secondary N) is 4. The largest absolute Gasteiger partial charge is 0.488 e. The number of carboxylic acids is 1. The van der Waals surface area contributed by atoms with Gasteiger partial charge in [0.1, 0.15) is 45.1 Å². The molecule has 2 atom stereocenters. The first kappa shape index (κ1) is 93.0. The third-order valence-electron chi connectivity index (χ3n) is 25.0. The first-order chi connectivity index (χ1) is 65.5. The average molecular weight is 1840 g/mol. The van der Waals surface area contributed by atoms with E-state index in [1.807, 2.05) is 12.1 Å². The van der Waals surface area contributed by atoms with Crippen LogP contribution in [0.2, 0.25) is 0 Å². The number of alkyl halides is 3. The predicted molar refractivity (Wildman–Crippen MR) is 494 cm³/mol. The molecule has 0 amide bonds. The summed E-state index contributed by atoms with van der Waals surface area (Å²) in [6.45, 7) is 14.1. The van der Waals surface area contributed by atoms with E-state index in [0.29, 0.717) is 73.2 Å². The molecule has 1 unspecified atom stereocenters. The molecule has 706 valence electrons. The number of morpholine rings is 4. The maximum absolute atomic E-state index is 12.7. The van der Waals surface area contributed by atoms with Crippen LogP contribution in [0.4, 0.5) is 59.7 Å². The summed E-state index contributed by atoms with van der Waals surface area (Å²) in [5.74, 6) is 3.79. The van der Waals surface area contributed by atoms with Crippen molar-refractivity contribution in [3.63, 3.8) is 0 Å². The molecule has 8 N–H and O–H groups in total. The zero-order valence-electron chi connectivity index (χ0n) is 74.5. The van der Waals surface area contributed by atoms with Crippen molar-refractivity contribution < 1.29 is 76.3 Å². The number of halogens is 3. The summed E-state index contributed by atoms with van der Waals surface area (Å²) in [6, 6.07) is 18.8. The van der Waals surface area contributed by atoms with Crippen LogP contribution in [-0.4, -0.2) is 266 Å². The molecule has 12 heterocycles. The molecule has 134 heavy (non-hydrogen) atoms. The monoisotopic (exact) mass is 1840 g/mol. The second kappa shape index (κ2) is 44.8. The van der Waals surface area contributed by atoms with Crippen LogP contribution in [0.1, 0.15) is 149 Å². The van der Waals surface area contributed by atoms with Gasteiger partial charge < -0.3 is 99.2 Å². The highest BCUT2D eigenvalue weighted by Crippen LogP contribution is 2.40. The van der Waals surface area contributed by atoms with Gasteiger partial charge in [-0.15, -0.1) is 0 Å². The summed E-state index contributed by atoms with van der Waals surface area (Å²) in [5.41, 5.74) is 11.8. The standard InChI is InChI=1S/C24H27F3N6O3.C24H30N6O3.C23H26N6O4.C23H28N6O3/c25-24(26,27)22(34)15-13-30-23(31-14-15)32-16-1-3-18(4-2-16)36-20-12-17(33-7-9-35-10-8-33)11-19-21(20)29-6-5-28-19;1-16(31)17-14-27-24(28-15-17)29-18-2-4-20(5-3-18)33-22-13-19(30-8-10-32-11-9-30)12-21-23(22)26-7-6-25-21;30-22(31)18-5-6-26-23(28-18)27-15-1-3-17(4-2-15)33-20-14-16(29-9-11-32-12-10-29)13-19-21(20)25-8-7-24-19;30-15-16-13-26-23(27-14-16)28-17-1-3-19(4-2-17)32-21-12-18(29-7-9-31-10-8-29)11-20-22(21)25-6-5-24-20/h5-6,11-14,16,18,22,34H,1-4,7-10H2,(H,30,31,32);6-7,12-16,18,20,31H,2-5,8-11H2,1H3,(H,27,28,29);5-8,13-15,17H,1-4,9-12H2,(H,30,31)(H,26,27,28);5-6,11-14,17,19,30H,1-4,7-10,15H2,(H,26,27,28)/t16?,18?,22-;;;/m0.../s1. The molecule has 8 aliphatic rings. The van der Waals surface area contributed by atoms with Crippen LogP contribution in [0.3, 0.4) is 0 Å². The lowest BCUT2D eigenvalue weighted by Crippen LogP contribution is -2.36. The van der Waals surface area contributed by atoms with Crippen LogP contribution < -0.4 is 59.8 Å². The van der Waals surface area contributed by atoms with Crippen molar-refractivity contribution in [3.05, 3.63) is 170 Å². The van der Waals surface area contributed by atoms with Crippen molar-refractivity contribution in [3.8, 4) is 23.0 Å². The maximum atomic E-state index is 12.7. The third-order valence-corrected chi connectivity index (χ3v) is 25.0. The van der Waals surface area contributed by atoms with Gasteiger partial charge in [0.05, 0.1) is 112 Å². The summed E-state index contributed by atoms with van der Waals surface area (Å²) < 4.78 is 85.8. The Balaban J connectivity index is 0.000000124. The number of carboxylic acid groups (broad SMARTS) is 1. The van der Waals surface area contributed by atoms with Gasteiger partial charge in [0.25, 0.3) is 0 Å². The predicted octanol–water partition coefficient (Wildman–Crippen LogP) is 12.1. The van der Waals surface area contributed by atoms with Crippen molar-refractivity contribution in [2.75, 3.05) is 146 Å².